The lowest BCUT2D eigenvalue weighted by atomic mass is 10.0. The molecule has 1 unspecified atom stereocenters. The number of nitrogens with zero attached hydrogens (tertiary/aromatic N) is 5. The number of halogens is 1. The molecule has 7 nitrogen and oxygen atoms in total. The van der Waals surface area contributed by atoms with Gasteiger partial charge in [-0.1, -0.05) is 24.3 Å². The van der Waals surface area contributed by atoms with Crippen molar-refractivity contribution in [3.05, 3.63) is 53.3 Å². The molecule has 0 aliphatic carbocycles. The average molecular weight is 536 g/mol. The molecule has 2 aliphatic heterocycles. The van der Waals surface area contributed by atoms with Crippen LogP contribution in [0.2, 0.25) is 0 Å². The Labute approximate surface area is 201 Å². The zero-order valence-electron chi connectivity index (χ0n) is 18.5. The Kier molecular flexibility index (Phi) is 8.34. The van der Waals surface area contributed by atoms with Gasteiger partial charge in [0.25, 0.3) is 0 Å². The van der Waals surface area contributed by atoms with Crippen LogP contribution in [0, 0.1) is 5.92 Å². The number of carbonyl (C=O) groups is 1. The highest BCUT2D eigenvalue weighted by atomic mass is 127. The zero-order valence-corrected chi connectivity index (χ0v) is 20.8. The van der Waals surface area contributed by atoms with Crippen molar-refractivity contribution in [2.45, 2.75) is 38.8 Å². The number of benzene rings is 1. The number of aliphatic imine (C=N–C) groups is 1. The van der Waals surface area contributed by atoms with Gasteiger partial charge in [-0.15, -0.1) is 24.0 Å². The van der Waals surface area contributed by atoms with Crippen LogP contribution in [0.5, 0.6) is 0 Å². The minimum atomic E-state index is 0. The Bertz CT molecular complexity index is 886. The maximum absolute atomic E-state index is 12.6. The Balaban J connectivity index is 0.00000272. The molecule has 1 aromatic carbocycles. The van der Waals surface area contributed by atoms with Crippen molar-refractivity contribution in [3.63, 3.8) is 0 Å². The van der Waals surface area contributed by atoms with Gasteiger partial charge in [-0.3, -0.25) is 14.5 Å². The number of aromatic nitrogens is 2. The van der Waals surface area contributed by atoms with Crippen LogP contribution in [-0.4, -0.2) is 58.1 Å². The average Bonchev–Trinajstić information content (AvgIpc) is 3.48. The van der Waals surface area contributed by atoms with Crippen LogP contribution >= 0.6 is 24.0 Å². The summed E-state index contributed by atoms with van der Waals surface area (Å²) < 4.78 is 1.87. The largest absolute Gasteiger partial charge is 0.356 e. The Morgan fingerprint density at radius 1 is 1.23 bits per heavy atom. The number of fused-ring (bicyclic) bond motifs is 1. The van der Waals surface area contributed by atoms with E-state index in [1.54, 1.807) is 0 Å². The summed E-state index contributed by atoms with van der Waals surface area (Å²) in [6.07, 6.45) is 7.69. The fourth-order valence-electron chi connectivity index (χ4n) is 4.54. The molecular weight excluding hydrogens is 503 g/mol. The van der Waals surface area contributed by atoms with Gasteiger partial charge >= 0.3 is 0 Å². The molecule has 0 saturated carbocycles. The molecule has 168 valence electrons. The quantitative estimate of drug-likeness (QED) is 0.267. The van der Waals surface area contributed by atoms with Gasteiger partial charge in [-0.25, -0.2) is 0 Å². The summed E-state index contributed by atoms with van der Waals surface area (Å²) in [4.78, 5) is 21.3. The van der Waals surface area contributed by atoms with E-state index in [0.29, 0.717) is 12.3 Å². The van der Waals surface area contributed by atoms with Crippen molar-refractivity contribution in [2.24, 2.45) is 18.0 Å². The van der Waals surface area contributed by atoms with Crippen LogP contribution in [0.3, 0.4) is 0 Å². The predicted octanol–water partition coefficient (Wildman–Crippen LogP) is 2.80. The first-order valence-corrected chi connectivity index (χ1v) is 10.9. The van der Waals surface area contributed by atoms with Gasteiger partial charge in [0.15, 0.2) is 5.96 Å². The third-order valence-corrected chi connectivity index (χ3v) is 6.12. The topological polar surface area (TPSA) is 65.8 Å². The maximum atomic E-state index is 12.6. The molecule has 1 saturated heterocycles. The summed E-state index contributed by atoms with van der Waals surface area (Å²) in [6.45, 7) is 4.30. The maximum Gasteiger partial charge on any atom is 0.223 e. The minimum absolute atomic E-state index is 0. The number of rotatable bonds is 6. The molecule has 0 radical (unpaired) electrons. The molecule has 1 fully saturated rings. The van der Waals surface area contributed by atoms with E-state index in [1.165, 1.54) is 23.1 Å². The van der Waals surface area contributed by atoms with Crippen molar-refractivity contribution in [2.75, 3.05) is 26.7 Å². The molecule has 1 aromatic heterocycles. The number of nitrogens with one attached hydrogen (secondary N) is 1. The number of likely N-dealkylation sites (tertiary alicyclic amines) is 1. The molecule has 8 heteroatoms. The number of guanidine groups is 1. The highest BCUT2D eigenvalue weighted by Gasteiger charge is 2.26. The van der Waals surface area contributed by atoms with E-state index < -0.39 is 0 Å². The summed E-state index contributed by atoms with van der Waals surface area (Å²) in [5, 5.41) is 7.72. The van der Waals surface area contributed by atoms with Gasteiger partial charge in [0.2, 0.25) is 5.91 Å². The molecule has 4 rings (SSSR count). The standard InChI is InChI=1S/C23H32N6O.HI/c1-24-23(28-11-9-18(15-28)12-19-13-26-27(2)14-19)25-10-5-8-22(30)29-16-20-6-3-4-7-21(20)17-29;/h3-4,6-7,13-14,18H,5,8-12,15-17H2,1-2H3,(H,24,25);1H. The number of aryl methyl sites for hydroxylation is 1. The fourth-order valence-corrected chi connectivity index (χ4v) is 4.54. The van der Waals surface area contributed by atoms with E-state index >= 15 is 0 Å². The van der Waals surface area contributed by atoms with Crippen LogP contribution < -0.4 is 5.32 Å². The molecule has 1 atom stereocenters. The third-order valence-electron chi connectivity index (χ3n) is 6.12. The fraction of sp³-hybridized carbons (Fsp3) is 0.522. The number of hydrogen-bond acceptors (Lipinski definition) is 3. The van der Waals surface area contributed by atoms with E-state index in [2.05, 4.69) is 38.6 Å². The number of carbonyl (C=O) groups excluding carboxylic acids is 1. The first kappa shape index (κ1) is 23.6. The van der Waals surface area contributed by atoms with Crippen molar-refractivity contribution in [1.82, 2.24) is 24.9 Å². The minimum Gasteiger partial charge on any atom is -0.356 e. The highest BCUT2D eigenvalue weighted by Crippen LogP contribution is 2.23. The molecule has 2 aliphatic rings. The SMILES string of the molecule is CN=C(NCCCC(=O)N1Cc2ccccc2C1)N1CCC(Cc2cnn(C)c2)C1.I. The van der Waals surface area contributed by atoms with Gasteiger partial charge in [0.1, 0.15) is 0 Å². The molecule has 1 amide bonds. The summed E-state index contributed by atoms with van der Waals surface area (Å²) in [5.41, 5.74) is 3.85. The summed E-state index contributed by atoms with van der Waals surface area (Å²) in [7, 11) is 3.80. The predicted molar refractivity (Wildman–Crippen MR) is 133 cm³/mol. The van der Waals surface area contributed by atoms with Crippen LogP contribution in [-0.2, 0) is 31.4 Å². The van der Waals surface area contributed by atoms with E-state index in [0.717, 1.165) is 51.5 Å². The Morgan fingerprint density at radius 3 is 2.61 bits per heavy atom. The molecule has 0 bridgehead atoms. The molecule has 0 spiro atoms. The second kappa shape index (κ2) is 11.0. The Morgan fingerprint density at radius 2 is 1.97 bits per heavy atom. The van der Waals surface area contributed by atoms with E-state index in [4.69, 9.17) is 0 Å². The van der Waals surface area contributed by atoms with Gasteiger partial charge < -0.3 is 15.1 Å². The van der Waals surface area contributed by atoms with Crippen LogP contribution in [0.1, 0.15) is 36.0 Å². The summed E-state index contributed by atoms with van der Waals surface area (Å²) in [5.74, 6) is 1.82. The van der Waals surface area contributed by atoms with Crippen LogP contribution in [0.25, 0.3) is 0 Å². The van der Waals surface area contributed by atoms with E-state index in [-0.39, 0.29) is 29.9 Å². The smallest absolute Gasteiger partial charge is 0.223 e. The van der Waals surface area contributed by atoms with Gasteiger partial charge in [0, 0.05) is 59.4 Å². The van der Waals surface area contributed by atoms with Crippen molar-refractivity contribution in [3.8, 4) is 0 Å². The lowest BCUT2D eigenvalue weighted by Gasteiger charge is -2.22. The van der Waals surface area contributed by atoms with Gasteiger partial charge in [-0.05, 0) is 41.9 Å². The van der Waals surface area contributed by atoms with E-state index in [1.807, 2.05) is 42.0 Å². The second-order valence-electron chi connectivity index (χ2n) is 8.42. The first-order chi connectivity index (χ1) is 14.6. The summed E-state index contributed by atoms with van der Waals surface area (Å²) >= 11 is 0. The normalized spacial score (nSPS) is 18.1. The van der Waals surface area contributed by atoms with Crippen molar-refractivity contribution < 1.29 is 4.79 Å². The zero-order chi connectivity index (χ0) is 20.9. The van der Waals surface area contributed by atoms with Gasteiger partial charge in [0.05, 0.1) is 6.20 Å². The first-order valence-electron chi connectivity index (χ1n) is 10.9. The number of hydrogen-bond donors (Lipinski definition) is 1. The monoisotopic (exact) mass is 536 g/mol. The van der Waals surface area contributed by atoms with Crippen molar-refractivity contribution >= 4 is 35.8 Å². The van der Waals surface area contributed by atoms with E-state index in [9.17, 15) is 4.79 Å². The molecular formula is C23H33IN6O. The second-order valence-corrected chi connectivity index (χ2v) is 8.42. The van der Waals surface area contributed by atoms with Gasteiger partial charge in [-0.2, -0.15) is 5.10 Å². The lowest BCUT2D eigenvalue weighted by molar-refractivity contribution is -0.131. The molecule has 31 heavy (non-hydrogen) atoms. The Hall–Kier alpha value is -2.10. The van der Waals surface area contributed by atoms with Crippen molar-refractivity contribution in [1.29, 1.82) is 0 Å². The summed E-state index contributed by atoms with van der Waals surface area (Å²) in [6, 6.07) is 8.32. The molecule has 3 heterocycles. The van der Waals surface area contributed by atoms with Crippen LogP contribution in [0.4, 0.5) is 0 Å². The van der Waals surface area contributed by atoms with Crippen LogP contribution in [0.15, 0.2) is 41.7 Å². The lowest BCUT2D eigenvalue weighted by Crippen LogP contribution is -2.40. The molecule has 1 N–H and O–H groups in total. The molecule has 2 aromatic rings. The number of amides is 1. The third kappa shape index (κ3) is 5.99. The highest BCUT2D eigenvalue weighted by molar-refractivity contribution is 14.0.